The highest BCUT2D eigenvalue weighted by Gasteiger charge is 2.47. The molecule has 0 aliphatic carbocycles. The van der Waals surface area contributed by atoms with E-state index in [0.29, 0.717) is 19.3 Å². The van der Waals surface area contributed by atoms with E-state index >= 15 is 0 Å². The molecule has 0 saturated carbocycles. The molecule has 15 nitrogen and oxygen atoms in total. The van der Waals surface area contributed by atoms with Crippen molar-refractivity contribution in [2.24, 2.45) is 0 Å². The topological polar surface area (TPSA) is 231 Å². The quantitative estimate of drug-likeness (QED) is 0.0172. The summed E-state index contributed by atoms with van der Waals surface area (Å²) >= 11 is 0. The summed E-state index contributed by atoms with van der Waals surface area (Å²) in [6, 6.07) is 0. The number of hydrogen-bond acceptors (Lipinski definition) is 15. The molecule has 2 aliphatic rings. The van der Waals surface area contributed by atoms with E-state index in [-0.39, 0.29) is 19.4 Å². The molecule has 72 heavy (non-hydrogen) atoms. The normalized spacial score (nSPS) is 25.6. The standard InChI is InChI=1S/C57H96O15/c1-3-5-7-9-11-13-15-17-19-21-22-24-26-28-30-32-34-36-38-40-49(60)70-45(42-67-48(59)39-37-35-33-31-29-27-25-23-20-18-16-14-12-10-8-6-4-2)43-68-56-55(66)53(64)51(62)47(72-56)44-69-57-54(65)52(63)50(61)46(41-58)71-57/h5,7,11,13,17,19,22,24,28,30,34,36,45-47,50-58,61-66H,3-4,6,8-10,12,14-16,18,20-21,23,25-27,29,31-33,35,37-44H2,1-2H3/b7-5+,13-11+,19-17+,24-22+,30-28+,36-34+/t45-,46+,47+,50-,51-,52?,53?,54?,55?,56+,57+/m1/s1. The van der Waals surface area contributed by atoms with E-state index in [9.17, 15) is 45.3 Å². The van der Waals surface area contributed by atoms with E-state index < -0.39 is 99.3 Å². The Morgan fingerprint density at radius 3 is 1.35 bits per heavy atom. The van der Waals surface area contributed by atoms with E-state index in [1.54, 1.807) is 0 Å². The third kappa shape index (κ3) is 30.3. The van der Waals surface area contributed by atoms with Crippen LogP contribution in [0.4, 0.5) is 0 Å². The summed E-state index contributed by atoms with van der Waals surface area (Å²) in [7, 11) is 0. The highest BCUT2D eigenvalue weighted by molar-refractivity contribution is 5.70. The van der Waals surface area contributed by atoms with Gasteiger partial charge in [0.2, 0.25) is 0 Å². The molecule has 4 unspecified atom stereocenters. The molecular weight excluding hydrogens is 925 g/mol. The summed E-state index contributed by atoms with van der Waals surface area (Å²) in [5, 5.41) is 72.2. The van der Waals surface area contributed by atoms with Crippen molar-refractivity contribution in [3.63, 3.8) is 0 Å². The maximum atomic E-state index is 13.0. The molecule has 0 bridgehead atoms. The van der Waals surface area contributed by atoms with Gasteiger partial charge in [-0.15, -0.1) is 0 Å². The zero-order valence-corrected chi connectivity index (χ0v) is 43.9. The molecular formula is C57H96O15. The zero-order valence-electron chi connectivity index (χ0n) is 43.9. The van der Waals surface area contributed by atoms with Crippen LogP contribution in [-0.4, -0.2) is 142 Å². The maximum Gasteiger partial charge on any atom is 0.306 e. The molecule has 0 amide bonds. The monoisotopic (exact) mass is 1020 g/mol. The van der Waals surface area contributed by atoms with Crippen LogP contribution in [-0.2, 0) is 38.0 Å². The summed E-state index contributed by atoms with van der Waals surface area (Å²) in [5.41, 5.74) is 0. The third-order valence-corrected chi connectivity index (χ3v) is 12.7. The molecule has 0 aromatic heterocycles. The minimum atomic E-state index is -1.78. The number of esters is 2. The highest BCUT2D eigenvalue weighted by atomic mass is 16.7. The first-order chi connectivity index (χ1) is 35.0. The average Bonchev–Trinajstić information content (AvgIpc) is 3.37. The summed E-state index contributed by atoms with van der Waals surface area (Å²) < 4.78 is 33.5. The van der Waals surface area contributed by atoms with Crippen LogP contribution in [0.25, 0.3) is 0 Å². The van der Waals surface area contributed by atoms with Gasteiger partial charge in [-0.25, -0.2) is 0 Å². The van der Waals surface area contributed by atoms with Crippen LogP contribution < -0.4 is 0 Å². The molecule has 15 heteroatoms. The van der Waals surface area contributed by atoms with Crippen molar-refractivity contribution in [2.45, 2.75) is 248 Å². The Bertz CT molecular complexity index is 1530. The third-order valence-electron chi connectivity index (χ3n) is 12.7. The van der Waals surface area contributed by atoms with Gasteiger partial charge in [-0.1, -0.05) is 189 Å². The van der Waals surface area contributed by atoms with E-state index in [1.165, 1.54) is 83.5 Å². The lowest BCUT2D eigenvalue weighted by molar-refractivity contribution is -0.332. The first kappa shape index (κ1) is 65.1. The van der Waals surface area contributed by atoms with Crippen LogP contribution in [0.5, 0.6) is 0 Å². The van der Waals surface area contributed by atoms with Crippen molar-refractivity contribution in [2.75, 3.05) is 26.4 Å². The smallest absolute Gasteiger partial charge is 0.306 e. The molecule has 0 aromatic carbocycles. The second kappa shape index (κ2) is 43.2. The Morgan fingerprint density at radius 2 is 0.875 bits per heavy atom. The van der Waals surface area contributed by atoms with Crippen LogP contribution in [0, 0.1) is 0 Å². The summed E-state index contributed by atoms with van der Waals surface area (Å²) in [4.78, 5) is 25.8. The van der Waals surface area contributed by atoms with Gasteiger partial charge in [0.25, 0.3) is 0 Å². The Balaban J connectivity index is 1.82. The SMILES string of the molecule is CC/C=C/C/C=C/C/C=C/C/C=C/C/C=C/C/C=C/CCC(=O)O[C@H](COC(=O)CCCCCCCCCCCCCCCCCCC)CO[C@H]1O[C@@H](CO[C@H]2O[C@@H](CO)[C@@H](O)C(O)C2O)[C@@H](O)C(O)C1O. The Morgan fingerprint density at radius 1 is 0.458 bits per heavy atom. The number of hydrogen-bond donors (Lipinski definition) is 7. The zero-order chi connectivity index (χ0) is 52.4. The molecule has 414 valence electrons. The highest BCUT2D eigenvalue weighted by Crippen LogP contribution is 2.26. The fourth-order valence-electron chi connectivity index (χ4n) is 8.24. The second-order valence-corrected chi connectivity index (χ2v) is 19.0. The largest absolute Gasteiger partial charge is 0.462 e. The van der Waals surface area contributed by atoms with Gasteiger partial charge in [0.15, 0.2) is 18.7 Å². The fourth-order valence-corrected chi connectivity index (χ4v) is 8.24. The van der Waals surface area contributed by atoms with Gasteiger partial charge in [0.1, 0.15) is 55.4 Å². The van der Waals surface area contributed by atoms with E-state index in [0.717, 1.165) is 51.4 Å². The van der Waals surface area contributed by atoms with E-state index in [2.05, 4.69) is 74.6 Å². The number of aliphatic hydroxyl groups excluding tert-OH is 7. The number of aliphatic hydroxyl groups is 7. The van der Waals surface area contributed by atoms with Crippen LogP contribution in [0.3, 0.4) is 0 Å². The van der Waals surface area contributed by atoms with Crippen molar-refractivity contribution in [1.29, 1.82) is 0 Å². The predicted octanol–water partition coefficient (Wildman–Crippen LogP) is 8.60. The van der Waals surface area contributed by atoms with Gasteiger partial charge < -0.3 is 64.2 Å². The Hall–Kier alpha value is -3.06. The van der Waals surface area contributed by atoms with Crippen molar-refractivity contribution in [3.05, 3.63) is 72.9 Å². The number of allylic oxidation sites excluding steroid dienone is 12. The first-order valence-electron chi connectivity index (χ1n) is 27.5. The van der Waals surface area contributed by atoms with Gasteiger partial charge in [-0.2, -0.15) is 0 Å². The van der Waals surface area contributed by atoms with Crippen molar-refractivity contribution >= 4 is 11.9 Å². The van der Waals surface area contributed by atoms with Crippen molar-refractivity contribution in [1.82, 2.24) is 0 Å². The van der Waals surface area contributed by atoms with E-state index in [1.807, 2.05) is 12.2 Å². The van der Waals surface area contributed by atoms with Crippen LogP contribution >= 0.6 is 0 Å². The average molecular weight is 1020 g/mol. The molecule has 7 N–H and O–H groups in total. The van der Waals surface area contributed by atoms with Crippen LogP contribution in [0.2, 0.25) is 0 Å². The minimum Gasteiger partial charge on any atom is -0.462 e. The second-order valence-electron chi connectivity index (χ2n) is 19.0. The maximum absolute atomic E-state index is 13.0. The fraction of sp³-hybridized carbons (Fsp3) is 0.754. The number of carbonyl (C=O) groups excluding carboxylic acids is 2. The number of rotatable bonds is 42. The number of carbonyl (C=O) groups is 2. The Kier molecular flexibility index (Phi) is 39.0. The van der Waals surface area contributed by atoms with Gasteiger partial charge in [-0.05, 0) is 51.4 Å². The van der Waals surface area contributed by atoms with Crippen molar-refractivity contribution in [3.8, 4) is 0 Å². The minimum absolute atomic E-state index is 0.0384. The van der Waals surface area contributed by atoms with Crippen LogP contribution in [0.15, 0.2) is 72.9 Å². The predicted molar refractivity (Wildman–Crippen MR) is 279 cm³/mol. The summed E-state index contributed by atoms with van der Waals surface area (Å²) in [6.07, 6.45) is 35.1. The lowest BCUT2D eigenvalue weighted by atomic mass is 9.98. The molecule has 2 saturated heterocycles. The molecule has 2 rings (SSSR count). The molecule has 2 aliphatic heterocycles. The van der Waals surface area contributed by atoms with Gasteiger partial charge >= 0.3 is 11.9 Å². The molecule has 0 aromatic rings. The van der Waals surface area contributed by atoms with Crippen molar-refractivity contribution < 1.29 is 73.8 Å². The van der Waals surface area contributed by atoms with Gasteiger partial charge in [-0.3, -0.25) is 9.59 Å². The molecule has 0 spiro atoms. The summed E-state index contributed by atoms with van der Waals surface area (Å²) in [6.45, 7) is 2.41. The molecule has 2 heterocycles. The lowest BCUT2D eigenvalue weighted by Crippen LogP contribution is -2.61. The van der Waals surface area contributed by atoms with Crippen LogP contribution in [0.1, 0.15) is 181 Å². The molecule has 0 radical (unpaired) electrons. The number of unbranched alkanes of at least 4 members (excludes halogenated alkanes) is 16. The summed E-state index contributed by atoms with van der Waals surface area (Å²) in [5.74, 6) is -1.02. The van der Waals surface area contributed by atoms with Gasteiger partial charge in [0.05, 0.1) is 19.8 Å². The Labute approximate surface area is 432 Å². The first-order valence-corrected chi connectivity index (χ1v) is 27.5. The molecule has 11 atom stereocenters. The lowest BCUT2D eigenvalue weighted by Gasteiger charge is -2.42. The van der Waals surface area contributed by atoms with E-state index in [4.69, 9.17) is 28.4 Å². The molecule has 2 fully saturated rings. The van der Waals surface area contributed by atoms with Gasteiger partial charge in [0, 0.05) is 12.8 Å². The number of ether oxygens (including phenoxy) is 6.